The quantitative estimate of drug-likeness (QED) is 0.592. The lowest BCUT2D eigenvalue weighted by atomic mass is 9.93. The molecule has 0 saturated heterocycles. The Kier molecular flexibility index (Phi) is 4.57. The van der Waals surface area contributed by atoms with Gasteiger partial charge in [0.25, 0.3) is 0 Å². The third kappa shape index (κ3) is 3.08. The molecular formula is C20H22. The molecule has 0 aliphatic rings. The van der Waals surface area contributed by atoms with Crippen LogP contribution in [0.3, 0.4) is 0 Å². The number of hydrogen-bond donors (Lipinski definition) is 0. The summed E-state index contributed by atoms with van der Waals surface area (Å²) in [5, 5.41) is 0. The van der Waals surface area contributed by atoms with E-state index in [1.807, 2.05) is 0 Å². The maximum atomic E-state index is 2.30. The SMILES string of the molecule is C/C=C\C(C)=C(/C)c1cc(-c2ccccc2)ccc1C. The Bertz CT molecular complexity index is 643. The third-order valence-corrected chi connectivity index (χ3v) is 3.76. The van der Waals surface area contributed by atoms with Crippen LogP contribution in [0, 0.1) is 6.92 Å². The summed E-state index contributed by atoms with van der Waals surface area (Å²) >= 11 is 0. The summed E-state index contributed by atoms with van der Waals surface area (Å²) in [6.45, 7) is 8.61. The predicted octanol–water partition coefficient (Wildman–Crippen LogP) is 6.03. The van der Waals surface area contributed by atoms with Gasteiger partial charge in [0, 0.05) is 0 Å². The summed E-state index contributed by atoms with van der Waals surface area (Å²) in [6, 6.07) is 17.3. The van der Waals surface area contributed by atoms with Gasteiger partial charge in [-0.15, -0.1) is 0 Å². The van der Waals surface area contributed by atoms with Gasteiger partial charge in [0.2, 0.25) is 0 Å². The molecule has 0 heteroatoms. The number of aryl methyl sites for hydroxylation is 1. The summed E-state index contributed by atoms with van der Waals surface area (Å²) in [6.07, 6.45) is 4.26. The molecule has 2 aromatic rings. The van der Waals surface area contributed by atoms with Crippen molar-refractivity contribution in [2.24, 2.45) is 0 Å². The Balaban J connectivity index is 2.53. The van der Waals surface area contributed by atoms with E-state index in [0.717, 1.165) is 0 Å². The zero-order valence-electron chi connectivity index (χ0n) is 12.8. The van der Waals surface area contributed by atoms with Gasteiger partial charge in [0.05, 0.1) is 0 Å². The molecule has 2 rings (SSSR count). The van der Waals surface area contributed by atoms with Crippen LogP contribution in [-0.4, -0.2) is 0 Å². The van der Waals surface area contributed by atoms with E-state index in [4.69, 9.17) is 0 Å². The second kappa shape index (κ2) is 6.38. The molecule has 2 aromatic carbocycles. The van der Waals surface area contributed by atoms with Gasteiger partial charge < -0.3 is 0 Å². The monoisotopic (exact) mass is 262 g/mol. The molecule has 0 nitrogen and oxygen atoms in total. The zero-order chi connectivity index (χ0) is 14.5. The molecule has 20 heavy (non-hydrogen) atoms. The topological polar surface area (TPSA) is 0 Å². The van der Waals surface area contributed by atoms with E-state index >= 15 is 0 Å². The van der Waals surface area contributed by atoms with E-state index in [1.54, 1.807) is 0 Å². The first-order valence-corrected chi connectivity index (χ1v) is 7.10. The lowest BCUT2D eigenvalue weighted by Crippen LogP contribution is -1.90. The van der Waals surface area contributed by atoms with E-state index < -0.39 is 0 Å². The summed E-state index contributed by atoms with van der Waals surface area (Å²) < 4.78 is 0. The number of hydrogen-bond acceptors (Lipinski definition) is 0. The van der Waals surface area contributed by atoms with Crippen LogP contribution >= 0.6 is 0 Å². The van der Waals surface area contributed by atoms with Crippen LogP contribution in [0.15, 0.2) is 66.3 Å². The van der Waals surface area contributed by atoms with Crippen LogP contribution in [0.4, 0.5) is 0 Å². The molecule has 0 bridgehead atoms. The van der Waals surface area contributed by atoms with Crippen LogP contribution in [0.5, 0.6) is 0 Å². The molecule has 0 saturated carbocycles. The molecule has 0 aliphatic carbocycles. The average Bonchev–Trinajstić information content (AvgIpc) is 2.48. The van der Waals surface area contributed by atoms with E-state index in [-0.39, 0.29) is 0 Å². The lowest BCUT2D eigenvalue weighted by Gasteiger charge is -2.11. The highest BCUT2D eigenvalue weighted by atomic mass is 14.1. The minimum absolute atomic E-state index is 1.27. The maximum Gasteiger partial charge on any atom is -0.0178 e. The minimum atomic E-state index is 1.27. The molecule has 0 radical (unpaired) electrons. The van der Waals surface area contributed by atoms with Crippen molar-refractivity contribution in [1.29, 1.82) is 0 Å². The van der Waals surface area contributed by atoms with Crippen molar-refractivity contribution in [2.75, 3.05) is 0 Å². The van der Waals surface area contributed by atoms with Crippen LogP contribution < -0.4 is 0 Å². The van der Waals surface area contributed by atoms with Crippen molar-refractivity contribution < 1.29 is 0 Å². The predicted molar refractivity (Wildman–Crippen MR) is 89.7 cm³/mol. The number of allylic oxidation sites excluding steroid dienone is 4. The Hall–Kier alpha value is -2.08. The van der Waals surface area contributed by atoms with E-state index in [2.05, 4.69) is 88.4 Å². The minimum Gasteiger partial charge on any atom is -0.0874 e. The second-order valence-corrected chi connectivity index (χ2v) is 5.20. The van der Waals surface area contributed by atoms with Crippen molar-refractivity contribution >= 4 is 5.57 Å². The normalized spacial score (nSPS) is 12.6. The fraction of sp³-hybridized carbons (Fsp3) is 0.200. The zero-order valence-corrected chi connectivity index (χ0v) is 12.8. The highest BCUT2D eigenvalue weighted by Crippen LogP contribution is 2.28. The molecule has 0 N–H and O–H groups in total. The van der Waals surface area contributed by atoms with Gasteiger partial charge in [-0.25, -0.2) is 0 Å². The van der Waals surface area contributed by atoms with Gasteiger partial charge in [0.1, 0.15) is 0 Å². The molecule has 0 unspecified atom stereocenters. The molecule has 0 aromatic heterocycles. The maximum absolute atomic E-state index is 2.30. The first-order valence-electron chi connectivity index (χ1n) is 7.10. The molecule has 0 amide bonds. The molecular weight excluding hydrogens is 240 g/mol. The highest BCUT2D eigenvalue weighted by molar-refractivity contribution is 5.76. The molecule has 0 aliphatic heterocycles. The summed E-state index contributed by atoms with van der Waals surface area (Å²) in [7, 11) is 0. The Labute approximate surface area is 122 Å². The van der Waals surface area contributed by atoms with Crippen molar-refractivity contribution in [3.63, 3.8) is 0 Å². The molecule has 0 atom stereocenters. The van der Waals surface area contributed by atoms with E-state index in [0.29, 0.717) is 0 Å². The molecule has 0 heterocycles. The first-order chi connectivity index (χ1) is 9.63. The first kappa shape index (κ1) is 14.3. The van der Waals surface area contributed by atoms with E-state index in [9.17, 15) is 0 Å². The van der Waals surface area contributed by atoms with Gasteiger partial charge >= 0.3 is 0 Å². The summed E-state index contributed by atoms with van der Waals surface area (Å²) in [4.78, 5) is 0. The smallest absolute Gasteiger partial charge is 0.0178 e. The van der Waals surface area contributed by atoms with Crippen molar-refractivity contribution in [3.8, 4) is 11.1 Å². The lowest BCUT2D eigenvalue weighted by molar-refractivity contribution is 1.37. The largest absolute Gasteiger partial charge is 0.0874 e. The third-order valence-electron chi connectivity index (χ3n) is 3.76. The molecule has 102 valence electrons. The van der Waals surface area contributed by atoms with Crippen LogP contribution in [0.1, 0.15) is 31.9 Å². The van der Waals surface area contributed by atoms with Crippen molar-refractivity contribution in [1.82, 2.24) is 0 Å². The number of benzene rings is 2. The summed E-state index contributed by atoms with van der Waals surface area (Å²) in [5.74, 6) is 0. The van der Waals surface area contributed by atoms with Gasteiger partial charge in [-0.2, -0.15) is 0 Å². The van der Waals surface area contributed by atoms with Gasteiger partial charge in [-0.1, -0.05) is 54.6 Å². The Morgan fingerprint density at radius 3 is 2.25 bits per heavy atom. The van der Waals surface area contributed by atoms with Gasteiger partial charge in [0.15, 0.2) is 0 Å². The molecule has 0 spiro atoms. The van der Waals surface area contributed by atoms with E-state index in [1.165, 1.54) is 33.4 Å². The van der Waals surface area contributed by atoms with Gasteiger partial charge in [-0.05, 0) is 67.2 Å². The van der Waals surface area contributed by atoms with Crippen molar-refractivity contribution in [2.45, 2.75) is 27.7 Å². The fourth-order valence-electron chi connectivity index (χ4n) is 2.42. The van der Waals surface area contributed by atoms with Gasteiger partial charge in [-0.3, -0.25) is 0 Å². The molecule has 0 fully saturated rings. The average molecular weight is 262 g/mol. The van der Waals surface area contributed by atoms with Crippen molar-refractivity contribution in [3.05, 3.63) is 77.4 Å². The van der Waals surface area contributed by atoms with Crippen LogP contribution in [0.25, 0.3) is 16.7 Å². The highest BCUT2D eigenvalue weighted by Gasteiger charge is 2.05. The number of rotatable bonds is 3. The standard InChI is InChI=1S/C20H22/c1-5-9-15(2)17(4)20-14-19(13-12-16(20)3)18-10-7-6-8-11-18/h5-14H,1-4H3/b9-5-,17-15+. The Morgan fingerprint density at radius 2 is 1.60 bits per heavy atom. The van der Waals surface area contributed by atoms with Crippen LogP contribution in [-0.2, 0) is 0 Å². The fourth-order valence-corrected chi connectivity index (χ4v) is 2.42. The summed E-state index contributed by atoms with van der Waals surface area (Å²) in [5.41, 5.74) is 7.87. The Morgan fingerprint density at radius 1 is 0.900 bits per heavy atom. The van der Waals surface area contributed by atoms with Crippen LogP contribution in [0.2, 0.25) is 0 Å². The second-order valence-electron chi connectivity index (χ2n) is 5.20.